The van der Waals surface area contributed by atoms with Crippen LogP contribution in [-0.2, 0) is 4.74 Å². The summed E-state index contributed by atoms with van der Waals surface area (Å²) in [5, 5.41) is 6.61. The van der Waals surface area contributed by atoms with Crippen LogP contribution in [0.3, 0.4) is 0 Å². The minimum Gasteiger partial charge on any atom is -0.421 e. The molecule has 2 heterocycles. The van der Waals surface area contributed by atoms with Crippen molar-refractivity contribution in [1.82, 2.24) is 4.57 Å². The lowest BCUT2D eigenvalue weighted by Crippen LogP contribution is -2.25. The first kappa shape index (κ1) is 24.8. The number of nitrogens with one attached hydrogen (secondary N) is 2. The second-order valence-electron chi connectivity index (χ2n) is 9.57. The molecule has 2 aromatic carbocycles. The Labute approximate surface area is 213 Å². The molecule has 0 atom stereocenters. The van der Waals surface area contributed by atoms with Crippen LogP contribution >= 0.6 is 0 Å². The summed E-state index contributed by atoms with van der Waals surface area (Å²) in [5.74, 6) is -0.467. The molecule has 0 saturated heterocycles. The summed E-state index contributed by atoms with van der Waals surface area (Å²) in [7, 11) is 1.65. The molecule has 1 aliphatic carbocycles. The lowest BCUT2D eigenvalue weighted by molar-refractivity contribution is 0.211. The maximum absolute atomic E-state index is 14.8. The number of nitrogens with zero attached hydrogens (tertiary/aromatic N) is 1. The van der Waals surface area contributed by atoms with E-state index in [1.54, 1.807) is 37.7 Å². The van der Waals surface area contributed by atoms with Crippen LogP contribution in [0.1, 0.15) is 35.7 Å². The zero-order chi connectivity index (χ0) is 26.3. The maximum atomic E-state index is 14.8. The number of pyridine rings is 1. The van der Waals surface area contributed by atoms with E-state index in [9.17, 15) is 14.0 Å². The molecule has 0 bridgehead atoms. The number of hydrogen-bond donors (Lipinski definition) is 2. The van der Waals surface area contributed by atoms with Crippen molar-refractivity contribution in [3.05, 3.63) is 85.9 Å². The van der Waals surface area contributed by atoms with E-state index in [0.29, 0.717) is 18.7 Å². The molecule has 192 valence electrons. The van der Waals surface area contributed by atoms with Crippen molar-refractivity contribution >= 4 is 28.0 Å². The molecule has 4 aromatic rings. The zero-order valence-corrected chi connectivity index (χ0v) is 21.4. The predicted molar refractivity (Wildman–Crippen MR) is 145 cm³/mol. The quantitative estimate of drug-likeness (QED) is 0.295. The first-order chi connectivity index (χ1) is 17.8. The number of halogens is 1. The molecule has 5 rings (SSSR count). The van der Waals surface area contributed by atoms with Gasteiger partial charge in [-0.1, -0.05) is 18.2 Å². The number of ether oxygens (including phenoxy) is 1. The summed E-state index contributed by atoms with van der Waals surface area (Å²) in [6.45, 7) is 6.45. The van der Waals surface area contributed by atoms with Crippen LogP contribution in [0.2, 0.25) is 0 Å². The molecule has 7 nitrogen and oxygen atoms in total. The zero-order valence-electron chi connectivity index (χ0n) is 21.4. The predicted octanol–water partition coefficient (Wildman–Crippen LogP) is 5.82. The van der Waals surface area contributed by atoms with Crippen molar-refractivity contribution in [2.24, 2.45) is 0 Å². The summed E-state index contributed by atoms with van der Waals surface area (Å²) in [4.78, 5) is 26.9. The van der Waals surface area contributed by atoms with Crippen molar-refractivity contribution in [3.8, 4) is 11.1 Å². The van der Waals surface area contributed by atoms with Gasteiger partial charge in [0.05, 0.1) is 23.5 Å². The van der Waals surface area contributed by atoms with Crippen LogP contribution < -0.4 is 21.8 Å². The Kier molecular flexibility index (Phi) is 6.60. The molecule has 1 aliphatic rings. The highest BCUT2D eigenvalue weighted by molar-refractivity contribution is 6.01. The highest BCUT2D eigenvalue weighted by Gasteiger charge is 2.31. The Morgan fingerprint density at radius 3 is 2.59 bits per heavy atom. The van der Waals surface area contributed by atoms with Crippen molar-refractivity contribution < 1.29 is 13.5 Å². The Hall–Kier alpha value is -3.91. The summed E-state index contributed by atoms with van der Waals surface area (Å²) in [6.07, 6.45) is 1.80. The third-order valence-corrected chi connectivity index (χ3v) is 6.82. The highest BCUT2D eigenvalue weighted by Crippen LogP contribution is 2.41. The van der Waals surface area contributed by atoms with E-state index in [1.807, 2.05) is 31.2 Å². The van der Waals surface area contributed by atoms with Gasteiger partial charge < -0.3 is 24.4 Å². The van der Waals surface area contributed by atoms with E-state index in [2.05, 4.69) is 10.6 Å². The fourth-order valence-electron chi connectivity index (χ4n) is 4.77. The van der Waals surface area contributed by atoms with Gasteiger partial charge in [-0.15, -0.1) is 0 Å². The second-order valence-corrected chi connectivity index (χ2v) is 9.57. The van der Waals surface area contributed by atoms with Crippen LogP contribution in [0.25, 0.3) is 22.1 Å². The van der Waals surface area contributed by atoms with Gasteiger partial charge in [-0.3, -0.25) is 4.79 Å². The van der Waals surface area contributed by atoms with Crippen LogP contribution in [0.5, 0.6) is 0 Å². The third-order valence-electron chi connectivity index (χ3n) is 6.82. The molecule has 37 heavy (non-hydrogen) atoms. The average molecular weight is 504 g/mol. The van der Waals surface area contributed by atoms with E-state index in [0.717, 1.165) is 35.3 Å². The lowest BCUT2D eigenvalue weighted by Gasteiger charge is -2.20. The summed E-state index contributed by atoms with van der Waals surface area (Å²) in [6, 6.07) is 12.6. The number of aryl methyl sites for hydroxylation is 1. The van der Waals surface area contributed by atoms with Gasteiger partial charge in [-0.05, 0) is 69.0 Å². The molecule has 0 aliphatic heterocycles. The van der Waals surface area contributed by atoms with Gasteiger partial charge in [0.2, 0.25) is 0 Å². The molecule has 0 radical (unpaired) electrons. The number of anilines is 3. The molecule has 1 fully saturated rings. The fourth-order valence-corrected chi connectivity index (χ4v) is 4.77. The first-order valence-electron chi connectivity index (χ1n) is 12.4. The Morgan fingerprint density at radius 1 is 1.11 bits per heavy atom. The number of fused-ring (bicyclic) bond motifs is 1. The van der Waals surface area contributed by atoms with E-state index in [1.165, 1.54) is 6.07 Å². The summed E-state index contributed by atoms with van der Waals surface area (Å²) in [5.41, 5.74) is 3.88. The molecule has 2 N–H and O–H groups in total. The van der Waals surface area contributed by atoms with Crippen molar-refractivity contribution in [2.75, 3.05) is 30.9 Å². The molecule has 0 spiro atoms. The van der Waals surface area contributed by atoms with Crippen LogP contribution in [-0.4, -0.2) is 24.8 Å². The Bertz CT molecular complexity index is 1620. The minimum atomic E-state index is -0.582. The lowest BCUT2D eigenvalue weighted by atomic mass is 9.99. The van der Waals surface area contributed by atoms with Gasteiger partial charge in [-0.2, -0.15) is 0 Å². The maximum Gasteiger partial charge on any atom is 0.341 e. The summed E-state index contributed by atoms with van der Waals surface area (Å²) < 4.78 is 27.5. The standard InChI is InChI=1S/C29H30FN3O4/c1-16-8-11-23(22(30)14-16)32-26-17(2)29(35)37-27-24(18(3)33(21-9-10-21)28(34)25(26)27)19-6-5-7-20(15-19)31-12-13-36-4/h5-8,11,14-15,21,31-32H,9-10,12-13H2,1-4H3. The van der Waals surface area contributed by atoms with Crippen molar-refractivity contribution in [1.29, 1.82) is 0 Å². The molecular weight excluding hydrogens is 473 g/mol. The molecule has 2 aromatic heterocycles. The van der Waals surface area contributed by atoms with Gasteiger partial charge in [0.1, 0.15) is 11.2 Å². The highest BCUT2D eigenvalue weighted by atomic mass is 19.1. The number of rotatable bonds is 8. The second kappa shape index (κ2) is 9.86. The van der Waals surface area contributed by atoms with Crippen molar-refractivity contribution in [3.63, 3.8) is 0 Å². The normalized spacial score (nSPS) is 13.2. The van der Waals surface area contributed by atoms with Gasteiger partial charge in [-0.25, -0.2) is 9.18 Å². The number of benzene rings is 2. The van der Waals surface area contributed by atoms with Crippen molar-refractivity contribution in [2.45, 2.75) is 39.7 Å². The van der Waals surface area contributed by atoms with E-state index < -0.39 is 11.4 Å². The Morgan fingerprint density at radius 2 is 1.89 bits per heavy atom. The molecular formula is C29H30FN3O4. The third kappa shape index (κ3) is 4.64. The average Bonchev–Trinajstić information content (AvgIpc) is 3.69. The smallest absolute Gasteiger partial charge is 0.341 e. The Balaban J connectivity index is 1.78. The fraction of sp³-hybridized carbons (Fsp3) is 0.310. The van der Waals surface area contributed by atoms with Crippen LogP contribution in [0, 0.1) is 26.6 Å². The monoisotopic (exact) mass is 503 g/mol. The van der Waals surface area contributed by atoms with Gasteiger partial charge in [0.25, 0.3) is 5.56 Å². The minimum absolute atomic E-state index is 0.0786. The number of hydrogen-bond acceptors (Lipinski definition) is 6. The molecule has 8 heteroatoms. The largest absolute Gasteiger partial charge is 0.421 e. The molecule has 1 saturated carbocycles. The van der Waals surface area contributed by atoms with Gasteiger partial charge in [0.15, 0.2) is 5.58 Å². The topological polar surface area (TPSA) is 85.5 Å². The SMILES string of the molecule is COCCNc1cccc(-c2c(C)n(C3CC3)c(=O)c3c(Nc4ccc(C)cc4F)c(C)c(=O)oc23)c1. The number of aromatic nitrogens is 1. The van der Waals surface area contributed by atoms with E-state index in [-0.39, 0.29) is 39.5 Å². The van der Waals surface area contributed by atoms with Gasteiger partial charge >= 0.3 is 5.63 Å². The molecule has 0 unspecified atom stereocenters. The van der Waals surface area contributed by atoms with Crippen LogP contribution in [0.4, 0.5) is 21.5 Å². The number of methoxy groups -OCH3 is 1. The first-order valence-corrected chi connectivity index (χ1v) is 12.4. The molecule has 0 amide bonds. The van der Waals surface area contributed by atoms with E-state index in [4.69, 9.17) is 9.15 Å². The van der Waals surface area contributed by atoms with Gasteiger partial charge in [0, 0.05) is 36.6 Å². The summed E-state index contributed by atoms with van der Waals surface area (Å²) >= 11 is 0. The van der Waals surface area contributed by atoms with Crippen LogP contribution in [0.15, 0.2) is 56.5 Å². The van der Waals surface area contributed by atoms with E-state index >= 15 is 0 Å².